The van der Waals surface area contributed by atoms with Crippen LogP contribution in [0.1, 0.15) is 58.4 Å². The topological polar surface area (TPSA) is 6.48 Å². The number of hydrogen-bond acceptors (Lipinski definition) is 2. The fraction of sp³-hybridized carbons (Fsp3) is 0.184. The Balaban J connectivity index is 1.24. The summed E-state index contributed by atoms with van der Waals surface area (Å²) in [5.41, 5.74) is 19.9. The van der Waals surface area contributed by atoms with Gasteiger partial charge < -0.3 is 9.80 Å². The highest BCUT2D eigenvalue weighted by atomic mass is 15.1. The van der Waals surface area contributed by atoms with E-state index in [2.05, 4.69) is 199 Å². The van der Waals surface area contributed by atoms with E-state index < -0.39 is 0 Å². The second-order valence-electron chi connectivity index (χ2n) is 15.2. The number of hydrogen-bond donors (Lipinski definition) is 0. The number of anilines is 6. The smallest absolute Gasteiger partial charge is 0.0490 e. The Morgan fingerprint density at radius 2 is 0.804 bits per heavy atom. The van der Waals surface area contributed by atoms with Gasteiger partial charge in [-0.3, -0.25) is 0 Å². The lowest BCUT2D eigenvalue weighted by Crippen LogP contribution is -2.17. The van der Waals surface area contributed by atoms with Crippen LogP contribution < -0.4 is 9.80 Å². The zero-order valence-electron chi connectivity index (χ0n) is 31.1. The maximum absolute atomic E-state index is 2.45. The normalized spacial score (nSPS) is 12.9. The number of rotatable bonds is 6. The molecule has 0 atom stereocenters. The first-order valence-electron chi connectivity index (χ1n) is 18.1. The van der Waals surface area contributed by atoms with Crippen LogP contribution in [0.5, 0.6) is 0 Å². The SMILES string of the molecule is Cc1ccc(N(c2ccc3c(c2)C(C)(C)c2cc4cc(N(c5ccc(C)cc5)c5ccc(C)cc5C)ccc4cc2-3)c2ccc(C)cc2C)cc1. The van der Waals surface area contributed by atoms with Crippen LogP contribution in [0.4, 0.5) is 34.1 Å². The fourth-order valence-electron chi connectivity index (χ4n) is 8.09. The van der Waals surface area contributed by atoms with Gasteiger partial charge in [-0.05, 0) is 158 Å². The van der Waals surface area contributed by atoms with Crippen molar-refractivity contribution in [3.63, 3.8) is 0 Å². The van der Waals surface area contributed by atoms with E-state index in [1.165, 1.54) is 89.2 Å². The third kappa shape index (κ3) is 5.69. The van der Waals surface area contributed by atoms with Crippen LogP contribution in [0.25, 0.3) is 21.9 Å². The van der Waals surface area contributed by atoms with Crippen molar-refractivity contribution in [1.29, 1.82) is 0 Å². The molecule has 0 aromatic heterocycles. The Labute approximate surface area is 303 Å². The summed E-state index contributed by atoms with van der Waals surface area (Å²) in [6.07, 6.45) is 0. The lowest BCUT2D eigenvalue weighted by molar-refractivity contribution is 0.661. The Hall–Kier alpha value is -5.60. The minimum Gasteiger partial charge on any atom is -0.310 e. The minimum atomic E-state index is -0.170. The van der Waals surface area contributed by atoms with Crippen LogP contribution in [0.3, 0.4) is 0 Å². The Morgan fingerprint density at radius 3 is 1.33 bits per heavy atom. The quantitative estimate of drug-likeness (QED) is 0.175. The maximum atomic E-state index is 2.45. The van der Waals surface area contributed by atoms with Crippen molar-refractivity contribution >= 4 is 44.9 Å². The van der Waals surface area contributed by atoms with Gasteiger partial charge in [0.15, 0.2) is 0 Å². The molecule has 0 heterocycles. The molecule has 2 heteroatoms. The highest BCUT2D eigenvalue weighted by molar-refractivity contribution is 5.97. The van der Waals surface area contributed by atoms with Gasteiger partial charge in [0.25, 0.3) is 0 Å². The first kappa shape index (κ1) is 32.6. The largest absolute Gasteiger partial charge is 0.310 e. The molecule has 0 N–H and O–H groups in total. The molecule has 7 aromatic carbocycles. The van der Waals surface area contributed by atoms with Crippen LogP contribution >= 0.6 is 0 Å². The van der Waals surface area contributed by atoms with E-state index >= 15 is 0 Å². The van der Waals surface area contributed by atoms with Gasteiger partial charge >= 0.3 is 0 Å². The highest BCUT2D eigenvalue weighted by Crippen LogP contribution is 2.52. The number of benzene rings is 7. The predicted octanol–water partition coefficient (Wildman–Crippen LogP) is 13.9. The van der Waals surface area contributed by atoms with E-state index in [1.807, 2.05) is 0 Å². The van der Waals surface area contributed by atoms with E-state index in [4.69, 9.17) is 0 Å². The van der Waals surface area contributed by atoms with Gasteiger partial charge in [0, 0.05) is 39.5 Å². The lowest BCUT2D eigenvalue weighted by atomic mass is 9.81. The zero-order valence-corrected chi connectivity index (χ0v) is 31.1. The van der Waals surface area contributed by atoms with Crippen molar-refractivity contribution in [3.8, 4) is 11.1 Å². The molecule has 0 fully saturated rings. The molecule has 8 rings (SSSR count). The molecule has 252 valence electrons. The van der Waals surface area contributed by atoms with Crippen LogP contribution in [-0.2, 0) is 5.41 Å². The molecule has 0 saturated carbocycles. The standard InChI is InChI=1S/C49H46N2/c1-31-9-16-39(17-10-31)50(47-23-13-33(3)25-35(47)5)41-20-15-37-28-44-43-22-21-42(30-46(43)49(7,8)45(44)29-38(37)27-41)51(40-18-11-32(2)12-19-40)48-24-14-34(4)26-36(48)6/h9-30H,1-8H3. The minimum absolute atomic E-state index is 0.170. The van der Waals surface area contributed by atoms with E-state index in [9.17, 15) is 0 Å². The monoisotopic (exact) mass is 662 g/mol. The Kier molecular flexibility index (Phi) is 7.87. The molecule has 0 aliphatic heterocycles. The van der Waals surface area contributed by atoms with Crippen LogP contribution in [0, 0.1) is 41.5 Å². The van der Waals surface area contributed by atoms with E-state index in [1.54, 1.807) is 0 Å². The molecule has 0 radical (unpaired) electrons. The second-order valence-corrected chi connectivity index (χ2v) is 15.2. The average molecular weight is 663 g/mol. The van der Waals surface area contributed by atoms with Crippen molar-refractivity contribution in [2.24, 2.45) is 0 Å². The molecular weight excluding hydrogens is 617 g/mol. The molecule has 0 spiro atoms. The summed E-state index contributed by atoms with van der Waals surface area (Å²) in [5, 5.41) is 2.51. The highest BCUT2D eigenvalue weighted by Gasteiger charge is 2.36. The molecule has 1 aliphatic carbocycles. The molecule has 51 heavy (non-hydrogen) atoms. The van der Waals surface area contributed by atoms with Gasteiger partial charge in [-0.15, -0.1) is 0 Å². The molecular formula is C49H46N2. The summed E-state index contributed by atoms with van der Waals surface area (Å²) in [5.74, 6) is 0. The van der Waals surface area contributed by atoms with Gasteiger partial charge in [0.1, 0.15) is 0 Å². The van der Waals surface area contributed by atoms with Crippen molar-refractivity contribution < 1.29 is 0 Å². The van der Waals surface area contributed by atoms with Gasteiger partial charge in [-0.25, -0.2) is 0 Å². The summed E-state index contributed by atoms with van der Waals surface area (Å²) < 4.78 is 0. The van der Waals surface area contributed by atoms with Gasteiger partial charge in [0.05, 0.1) is 0 Å². The van der Waals surface area contributed by atoms with Gasteiger partial charge in [0.2, 0.25) is 0 Å². The lowest BCUT2D eigenvalue weighted by Gasteiger charge is -2.29. The Bertz CT molecular complexity index is 2450. The summed E-state index contributed by atoms with van der Waals surface area (Å²) >= 11 is 0. The second kappa shape index (κ2) is 12.3. The van der Waals surface area contributed by atoms with Gasteiger partial charge in [-0.2, -0.15) is 0 Å². The predicted molar refractivity (Wildman–Crippen MR) is 219 cm³/mol. The number of aryl methyl sites for hydroxylation is 6. The number of fused-ring (bicyclic) bond motifs is 4. The summed E-state index contributed by atoms with van der Waals surface area (Å²) in [7, 11) is 0. The third-order valence-corrected chi connectivity index (χ3v) is 10.9. The fourth-order valence-corrected chi connectivity index (χ4v) is 8.09. The first-order chi connectivity index (χ1) is 24.5. The Morgan fingerprint density at radius 1 is 0.353 bits per heavy atom. The van der Waals surface area contributed by atoms with Gasteiger partial charge in [-0.1, -0.05) is 96.8 Å². The van der Waals surface area contributed by atoms with Crippen molar-refractivity contribution in [3.05, 3.63) is 178 Å². The summed E-state index contributed by atoms with van der Waals surface area (Å²) in [6.45, 7) is 17.8. The molecule has 0 amide bonds. The first-order valence-corrected chi connectivity index (χ1v) is 18.1. The third-order valence-electron chi connectivity index (χ3n) is 10.9. The van der Waals surface area contributed by atoms with E-state index in [0.717, 1.165) is 11.4 Å². The van der Waals surface area contributed by atoms with Crippen LogP contribution in [0.2, 0.25) is 0 Å². The van der Waals surface area contributed by atoms with Crippen LogP contribution in [0.15, 0.2) is 133 Å². The molecule has 0 saturated heterocycles. The van der Waals surface area contributed by atoms with E-state index in [0.29, 0.717) is 0 Å². The average Bonchev–Trinajstić information content (AvgIpc) is 3.32. The number of nitrogens with zero attached hydrogens (tertiary/aromatic N) is 2. The summed E-state index contributed by atoms with van der Waals surface area (Å²) in [4.78, 5) is 4.82. The molecule has 7 aromatic rings. The van der Waals surface area contributed by atoms with Crippen molar-refractivity contribution in [2.45, 2.75) is 60.8 Å². The molecule has 0 bridgehead atoms. The summed E-state index contributed by atoms with van der Waals surface area (Å²) in [6, 6.07) is 50.2. The zero-order chi connectivity index (χ0) is 35.6. The van der Waals surface area contributed by atoms with Crippen LogP contribution in [-0.4, -0.2) is 0 Å². The van der Waals surface area contributed by atoms with Crippen molar-refractivity contribution in [2.75, 3.05) is 9.80 Å². The van der Waals surface area contributed by atoms with E-state index in [-0.39, 0.29) is 5.41 Å². The molecule has 2 nitrogen and oxygen atoms in total. The molecule has 0 unspecified atom stereocenters. The van der Waals surface area contributed by atoms with Crippen molar-refractivity contribution in [1.82, 2.24) is 0 Å². The maximum Gasteiger partial charge on any atom is 0.0490 e. The molecule has 1 aliphatic rings.